The number of esters is 1. The molecule has 0 saturated carbocycles. The number of rotatable bonds is 0. The van der Waals surface area contributed by atoms with Crippen LogP contribution in [0.4, 0.5) is 0 Å². The van der Waals surface area contributed by atoms with Crippen LogP contribution in [-0.2, 0) is 16.1 Å². The van der Waals surface area contributed by atoms with Crippen LogP contribution in [0.25, 0.3) is 0 Å². The number of cyclic esters (lactones) is 1. The number of carbonyl (C=O) groups is 2. The fourth-order valence-electron chi connectivity index (χ4n) is 1.19. The van der Waals surface area contributed by atoms with Crippen molar-refractivity contribution in [3.05, 3.63) is 35.4 Å². The first-order valence-electron chi connectivity index (χ1n) is 3.58. The summed E-state index contributed by atoms with van der Waals surface area (Å²) in [5.41, 5.74) is 1.25. The van der Waals surface area contributed by atoms with Crippen molar-refractivity contribution >= 4 is 11.8 Å². The van der Waals surface area contributed by atoms with Crippen molar-refractivity contribution in [2.75, 3.05) is 0 Å². The molecule has 0 fully saturated rings. The molecule has 0 spiro atoms. The van der Waals surface area contributed by atoms with E-state index in [1.807, 2.05) is 6.07 Å². The first-order valence-corrected chi connectivity index (χ1v) is 3.58. The molecular formula is C9H6O3. The maximum absolute atomic E-state index is 11.1. The van der Waals surface area contributed by atoms with E-state index in [0.717, 1.165) is 5.56 Å². The Bertz CT molecular complexity index is 355. The average molecular weight is 162 g/mol. The normalized spacial score (nSPS) is 15.3. The molecule has 1 aromatic rings. The van der Waals surface area contributed by atoms with Gasteiger partial charge in [-0.15, -0.1) is 0 Å². The van der Waals surface area contributed by atoms with Gasteiger partial charge in [-0.1, -0.05) is 24.3 Å². The molecule has 2 rings (SSSR count). The lowest BCUT2D eigenvalue weighted by molar-refractivity contribution is -0.140. The van der Waals surface area contributed by atoms with Gasteiger partial charge in [0.1, 0.15) is 6.61 Å². The Morgan fingerprint density at radius 2 is 1.92 bits per heavy atom. The molecule has 1 aromatic carbocycles. The van der Waals surface area contributed by atoms with Gasteiger partial charge in [0.25, 0.3) is 5.78 Å². The maximum atomic E-state index is 11.1. The average Bonchev–Trinajstić information content (AvgIpc) is 2.12. The molecule has 0 N–H and O–H groups in total. The van der Waals surface area contributed by atoms with E-state index in [-0.39, 0.29) is 6.61 Å². The fourth-order valence-corrected chi connectivity index (χ4v) is 1.19. The van der Waals surface area contributed by atoms with Crippen LogP contribution in [0.3, 0.4) is 0 Å². The lowest BCUT2D eigenvalue weighted by Crippen LogP contribution is -2.24. The summed E-state index contributed by atoms with van der Waals surface area (Å²) in [7, 11) is 0. The number of ether oxygens (including phenoxy) is 1. The van der Waals surface area contributed by atoms with Crippen molar-refractivity contribution in [1.29, 1.82) is 0 Å². The Morgan fingerprint density at radius 1 is 1.17 bits per heavy atom. The lowest BCUT2D eigenvalue weighted by Gasteiger charge is -2.13. The van der Waals surface area contributed by atoms with Gasteiger partial charge in [0, 0.05) is 11.1 Å². The van der Waals surface area contributed by atoms with Crippen LogP contribution in [-0.4, -0.2) is 11.8 Å². The summed E-state index contributed by atoms with van der Waals surface area (Å²) >= 11 is 0. The van der Waals surface area contributed by atoms with Gasteiger partial charge in [-0.3, -0.25) is 4.79 Å². The quantitative estimate of drug-likeness (QED) is 0.421. The van der Waals surface area contributed by atoms with Gasteiger partial charge in [-0.2, -0.15) is 0 Å². The molecule has 3 nitrogen and oxygen atoms in total. The molecule has 12 heavy (non-hydrogen) atoms. The van der Waals surface area contributed by atoms with E-state index in [2.05, 4.69) is 4.74 Å². The van der Waals surface area contributed by atoms with Gasteiger partial charge in [0.15, 0.2) is 0 Å². The highest BCUT2D eigenvalue weighted by molar-refractivity contribution is 6.41. The van der Waals surface area contributed by atoms with Gasteiger partial charge in [0.2, 0.25) is 0 Å². The van der Waals surface area contributed by atoms with E-state index < -0.39 is 11.8 Å². The Kier molecular flexibility index (Phi) is 1.43. The number of carbonyl (C=O) groups excluding carboxylic acids is 2. The minimum atomic E-state index is -0.756. The van der Waals surface area contributed by atoms with E-state index in [1.165, 1.54) is 0 Å². The summed E-state index contributed by atoms with van der Waals surface area (Å²) in [5.74, 6) is -1.30. The van der Waals surface area contributed by atoms with Crippen LogP contribution in [0.5, 0.6) is 0 Å². The third-order valence-corrected chi connectivity index (χ3v) is 1.81. The molecule has 3 heteroatoms. The molecule has 1 aliphatic rings. The van der Waals surface area contributed by atoms with Gasteiger partial charge >= 0.3 is 5.97 Å². The smallest absolute Gasteiger partial charge is 0.380 e. The minimum Gasteiger partial charge on any atom is -0.455 e. The second-order valence-corrected chi connectivity index (χ2v) is 2.56. The second kappa shape index (κ2) is 2.44. The first-order chi connectivity index (χ1) is 5.79. The number of fused-ring (bicyclic) bond motifs is 1. The molecule has 0 atom stereocenters. The van der Waals surface area contributed by atoms with Crippen LogP contribution < -0.4 is 0 Å². The molecule has 60 valence electrons. The molecule has 0 aliphatic carbocycles. The SMILES string of the molecule is O=C1OCc2ccccc2C1=O. The molecule has 0 saturated heterocycles. The van der Waals surface area contributed by atoms with E-state index in [0.29, 0.717) is 5.56 Å². The van der Waals surface area contributed by atoms with E-state index >= 15 is 0 Å². The minimum absolute atomic E-state index is 0.209. The van der Waals surface area contributed by atoms with Crippen molar-refractivity contribution in [2.45, 2.75) is 6.61 Å². The zero-order chi connectivity index (χ0) is 8.55. The third kappa shape index (κ3) is 0.906. The molecule has 1 aliphatic heterocycles. The zero-order valence-corrected chi connectivity index (χ0v) is 6.24. The lowest BCUT2D eigenvalue weighted by atomic mass is 10.0. The van der Waals surface area contributed by atoms with Crippen LogP contribution in [0.1, 0.15) is 15.9 Å². The molecule has 0 bridgehead atoms. The number of benzene rings is 1. The van der Waals surface area contributed by atoms with Gasteiger partial charge in [-0.05, 0) is 0 Å². The maximum Gasteiger partial charge on any atom is 0.380 e. The van der Waals surface area contributed by atoms with Gasteiger partial charge in [0.05, 0.1) is 0 Å². The molecule has 1 heterocycles. The highest BCUT2D eigenvalue weighted by atomic mass is 16.5. The summed E-state index contributed by atoms with van der Waals surface area (Å²) in [6, 6.07) is 6.96. The topological polar surface area (TPSA) is 43.4 Å². The van der Waals surface area contributed by atoms with E-state index in [4.69, 9.17) is 0 Å². The van der Waals surface area contributed by atoms with Crippen molar-refractivity contribution in [3.8, 4) is 0 Å². The molecular weight excluding hydrogens is 156 g/mol. The summed E-state index contributed by atoms with van der Waals surface area (Å²) < 4.78 is 4.63. The predicted octanol–water partition coefficient (Wildman–Crippen LogP) is 0.926. The number of hydrogen-bond donors (Lipinski definition) is 0. The second-order valence-electron chi connectivity index (χ2n) is 2.56. The summed E-state index contributed by atoms with van der Waals surface area (Å²) in [4.78, 5) is 21.9. The van der Waals surface area contributed by atoms with E-state index in [1.54, 1.807) is 18.2 Å². The van der Waals surface area contributed by atoms with Gasteiger partial charge < -0.3 is 4.74 Å². The predicted molar refractivity (Wildman–Crippen MR) is 40.6 cm³/mol. The van der Waals surface area contributed by atoms with Crippen molar-refractivity contribution in [3.63, 3.8) is 0 Å². The fraction of sp³-hybridized carbons (Fsp3) is 0.111. The Hall–Kier alpha value is -1.64. The standard InChI is InChI=1S/C9H6O3/c10-8-7-4-2-1-3-6(7)5-12-9(8)11/h1-4H,5H2. The van der Waals surface area contributed by atoms with Crippen molar-refractivity contribution in [1.82, 2.24) is 0 Å². The number of ketones is 1. The summed E-state index contributed by atoms with van der Waals surface area (Å²) in [5, 5.41) is 0. The highest BCUT2D eigenvalue weighted by Gasteiger charge is 2.25. The zero-order valence-electron chi connectivity index (χ0n) is 6.24. The monoisotopic (exact) mass is 162 g/mol. The first kappa shape index (κ1) is 7.03. The van der Waals surface area contributed by atoms with Gasteiger partial charge in [-0.25, -0.2) is 4.79 Å². The number of hydrogen-bond acceptors (Lipinski definition) is 3. The van der Waals surface area contributed by atoms with Crippen LogP contribution in [0, 0.1) is 0 Å². The molecule has 0 amide bonds. The van der Waals surface area contributed by atoms with Crippen molar-refractivity contribution in [2.24, 2.45) is 0 Å². The third-order valence-electron chi connectivity index (χ3n) is 1.81. The Labute approximate surface area is 69.0 Å². The molecule has 0 unspecified atom stereocenters. The van der Waals surface area contributed by atoms with Crippen molar-refractivity contribution < 1.29 is 14.3 Å². The Morgan fingerprint density at radius 3 is 2.75 bits per heavy atom. The van der Waals surface area contributed by atoms with Crippen LogP contribution >= 0.6 is 0 Å². The van der Waals surface area contributed by atoms with Crippen LogP contribution in [0.15, 0.2) is 24.3 Å². The molecule has 0 radical (unpaired) electrons. The molecule has 0 aromatic heterocycles. The highest BCUT2D eigenvalue weighted by Crippen LogP contribution is 2.16. The summed E-state index contributed by atoms with van der Waals surface area (Å²) in [6.07, 6.45) is 0. The van der Waals surface area contributed by atoms with Crippen LogP contribution in [0.2, 0.25) is 0 Å². The summed E-state index contributed by atoms with van der Waals surface area (Å²) in [6.45, 7) is 0.209. The van der Waals surface area contributed by atoms with E-state index in [9.17, 15) is 9.59 Å². The largest absolute Gasteiger partial charge is 0.455 e. The Balaban J connectivity index is 2.56. The number of Topliss-reactive ketones (excluding diaryl/α,β-unsaturated/α-hetero) is 1.